The van der Waals surface area contributed by atoms with Gasteiger partial charge in [-0.05, 0) is 36.2 Å². The molecule has 1 amide bonds. The van der Waals surface area contributed by atoms with Crippen molar-refractivity contribution in [3.63, 3.8) is 0 Å². The van der Waals surface area contributed by atoms with Crippen LogP contribution in [-0.4, -0.2) is 22.0 Å². The molecule has 19 heavy (non-hydrogen) atoms. The Morgan fingerprint density at radius 3 is 2.74 bits per heavy atom. The Morgan fingerprint density at radius 2 is 2.05 bits per heavy atom. The van der Waals surface area contributed by atoms with Crippen molar-refractivity contribution < 1.29 is 14.7 Å². The van der Waals surface area contributed by atoms with E-state index >= 15 is 0 Å². The molecule has 1 aromatic heterocycles. The summed E-state index contributed by atoms with van der Waals surface area (Å²) in [6, 6.07) is 10.6. The van der Waals surface area contributed by atoms with Gasteiger partial charge in [0, 0.05) is 18.3 Å². The monoisotopic (exact) mass is 258 g/mol. The maximum Gasteiger partial charge on any atom is 0.303 e. The molecule has 0 bridgehead atoms. The molecule has 3 N–H and O–H groups in total. The van der Waals surface area contributed by atoms with Crippen molar-refractivity contribution in [2.75, 3.05) is 5.32 Å². The average Bonchev–Trinajstić information content (AvgIpc) is 2.91. The molecule has 0 aliphatic rings. The largest absolute Gasteiger partial charge is 0.481 e. The molecule has 2 aromatic rings. The smallest absolute Gasteiger partial charge is 0.303 e. The number of amides is 1. The maximum absolute atomic E-state index is 11.8. The summed E-state index contributed by atoms with van der Waals surface area (Å²) in [5, 5.41) is 11.4. The van der Waals surface area contributed by atoms with Crippen LogP contribution in [0.4, 0.5) is 5.69 Å². The molecule has 98 valence electrons. The number of carboxylic acids is 1. The van der Waals surface area contributed by atoms with Gasteiger partial charge in [0.2, 0.25) is 0 Å². The van der Waals surface area contributed by atoms with E-state index in [4.69, 9.17) is 5.11 Å². The van der Waals surface area contributed by atoms with Gasteiger partial charge in [0.25, 0.3) is 5.91 Å². The molecule has 0 aliphatic carbocycles. The number of anilines is 1. The lowest BCUT2D eigenvalue weighted by molar-refractivity contribution is -0.136. The summed E-state index contributed by atoms with van der Waals surface area (Å²) in [5.41, 5.74) is 2.02. The normalized spacial score (nSPS) is 10.1. The average molecular weight is 258 g/mol. The van der Waals surface area contributed by atoms with E-state index in [1.165, 1.54) is 0 Å². The minimum Gasteiger partial charge on any atom is -0.481 e. The van der Waals surface area contributed by atoms with Gasteiger partial charge in [-0.25, -0.2) is 0 Å². The summed E-state index contributed by atoms with van der Waals surface area (Å²) in [5.74, 6) is -1.05. The van der Waals surface area contributed by atoms with Crippen LogP contribution < -0.4 is 5.32 Å². The summed E-state index contributed by atoms with van der Waals surface area (Å²) in [7, 11) is 0. The van der Waals surface area contributed by atoms with E-state index in [0.29, 0.717) is 17.8 Å². The zero-order valence-corrected chi connectivity index (χ0v) is 10.2. The summed E-state index contributed by atoms with van der Waals surface area (Å²) in [6.45, 7) is 0. The number of carbonyl (C=O) groups excluding carboxylic acids is 1. The van der Waals surface area contributed by atoms with Crippen molar-refractivity contribution in [2.45, 2.75) is 12.8 Å². The molecule has 0 aliphatic heterocycles. The van der Waals surface area contributed by atoms with Crippen molar-refractivity contribution in [3.05, 3.63) is 53.9 Å². The van der Waals surface area contributed by atoms with Crippen LogP contribution in [0.1, 0.15) is 22.5 Å². The van der Waals surface area contributed by atoms with Gasteiger partial charge >= 0.3 is 5.97 Å². The van der Waals surface area contributed by atoms with Crippen LogP contribution in [0, 0.1) is 0 Å². The number of benzene rings is 1. The summed E-state index contributed by atoms with van der Waals surface area (Å²) in [4.78, 5) is 25.2. The number of carboxylic acid groups (broad SMARTS) is 1. The van der Waals surface area contributed by atoms with Gasteiger partial charge in [0.1, 0.15) is 5.69 Å². The summed E-state index contributed by atoms with van der Waals surface area (Å²) < 4.78 is 0. The van der Waals surface area contributed by atoms with Gasteiger partial charge in [0.05, 0.1) is 0 Å². The number of H-pyrrole nitrogens is 1. The molecule has 1 aromatic carbocycles. The van der Waals surface area contributed by atoms with Gasteiger partial charge in [-0.15, -0.1) is 0 Å². The van der Waals surface area contributed by atoms with Crippen molar-refractivity contribution in [1.82, 2.24) is 4.98 Å². The highest BCUT2D eigenvalue weighted by Gasteiger charge is 2.07. The summed E-state index contributed by atoms with van der Waals surface area (Å²) in [6.07, 6.45) is 2.20. The van der Waals surface area contributed by atoms with E-state index in [-0.39, 0.29) is 12.3 Å². The molecule has 0 unspecified atom stereocenters. The van der Waals surface area contributed by atoms with E-state index in [1.807, 2.05) is 6.07 Å². The van der Waals surface area contributed by atoms with Crippen molar-refractivity contribution >= 4 is 17.6 Å². The standard InChI is InChI=1S/C14H14N2O3/c17-13(18)7-6-10-3-1-4-11(9-10)16-14(19)12-5-2-8-15-12/h1-5,8-9,15H,6-7H2,(H,16,19)(H,17,18). The maximum atomic E-state index is 11.8. The number of aryl methyl sites for hydroxylation is 1. The molecule has 0 atom stereocenters. The molecule has 0 spiro atoms. The Labute approximate surface area is 110 Å². The zero-order chi connectivity index (χ0) is 13.7. The van der Waals surface area contributed by atoms with Crippen LogP contribution in [0.5, 0.6) is 0 Å². The Morgan fingerprint density at radius 1 is 1.21 bits per heavy atom. The third kappa shape index (κ3) is 3.70. The fourth-order valence-electron chi connectivity index (χ4n) is 1.73. The third-order valence-corrected chi connectivity index (χ3v) is 2.65. The number of aliphatic carboxylic acids is 1. The predicted molar refractivity (Wildman–Crippen MR) is 71.1 cm³/mol. The van der Waals surface area contributed by atoms with Crippen LogP contribution in [-0.2, 0) is 11.2 Å². The van der Waals surface area contributed by atoms with E-state index in [1.54, 1.807) is 36.5 Å². The first-order chi connectivity index (χ1) is 9.15. The molecule has 1 heterocycles. The highest BCUT2D eigenvalue weighted by molar-refractivity contribution is 6.02. The van der Waals surface area contributed by atoms with Crippen LogP contribution >= 0.6 is 0 Å². The third-order valence-electron chi connectivity index (χ3n) is 2.65. The van der Waals surface area contributed by atoms with Gasteiger partial charge in [0.15, 0.2) is 0 Å². The number of hydrogen-bond donors (Lipinski definition) is 3. The zero-order valence-electron chi connectivity index (χ0n) is 10.2. The number of rotatable bonds is 5. The number of aromatic nitrogens is 1. The van der Waals surface area contributed by atoms with Crippen LogP contribution in [0.3, 0.4) is 0 Å². The minimum absolute atomic E-state index is 0.0774. The SMILES string of the molecule is O=C(O)CCc1cccc(NC(=O)c2ccc[nH]2)c1. The van der Waals surface area contributed by atoms with Gasteiger partial charge in [-0.2, -0.15) is 0 Å². The second-order valence-electron chi connectivity index (χ2n) is 4.13. The molecule has 0 fully saturated rings. The predicted octanol–water partition coefficient (Wildman–Crippen LogP) is 2.28. The molecule has 2 rings (SSSR count). The fraction of sp³-hybridized carbons (Fsp3) is 0.143. The lowest BCUT2D eigenvalue weighted by atomic mass is 10.1. The number of aromatic amines is 1. The number of nitrogens with one attached hydrogen (secondary N) is 2. The van der Waals surface area contributed by atoms with Gasteiger partial charge in [-0.3, -0.25) is 9.59 Å². The second kappa shape index (κ2) is 5.86. The van der Waals surface area contributed by atoms with Crippen molar-refractivity contribution in [1.29, 1.82) is 0 Å². The topological polar surface area (TPSA) is 82.2 Å². The highest BCUT2D eigenvalue weighted by atomic mass is 16.4. The number of carbonyl (C=O) groups is 2. The molecule has 5 heteroatoms. The Balaban J connectivity index is 2.02. The van der Waals surface area contributed by atoms with Gasteiger partial charge in [-0.1, -0.05) is 12.1 Å². The van der Waals surface area contributed by atoms with E-state index in [2.05, 4.69) is 10.3 Å². The van der Waals surface area contributed by atoms with Crippen LogP contribution in [0.2, 0.25) is 0 Å². The highest BCUT2D eigenvalue weighted by Crippen LogP contribution is 2.13. The van der Waals surface area contributed by atoms with Crippen molar-refractivity contribution in [3.8, 4) is 0 Å². The Hall–Kier alpha value is -2.56. The van der Waals surface area contributed by atoms with Gasteiger partial charge < -0.3 is 15.4 Å². The molecule has 5 nitrogen and oxygen atoms in total. The first-order valence-electron chi connectivity index (χ1n) is 5.90. The van der Waals surface area contributed by atoms with Crippen molar-refractivity contribution in [2.24, 2.45) is 0 Å². The Kier molecular flexibility index (Phi) is 3.97. The van der Waals surface area contributed by atoms with Crippen LogP contribution in [0.25, 0.3) is 0 Å². The molecular weight excluding hydrogens is 244 g/mol. The quantitative estimate of drug-likeness (QED) is 0.769. The first-order valence-corrected chi connectivity index (χ1v) is 5.90. The lowest BCUT2D eigenvalue weighted by Gasteiger charge is -2.06. The van der Waals surface area contributed by atoms with E-state index in [0.717, 1.165) is 5.56 Å². The van der Waals surface area contributed by atoms with E-state index < -0.39 is 5.97 Å². The molecule has 0 saturated carbocycles. The lowest BCUT2D eigenvalue weighted by Crippen LogP contribution is -2.12. The molecular formula is C14H14N2O3. The summed E-state index contributed by atoms with van der Waals surface area (Å²) >= 11 is 0. The first kappa shape index (κ1) is 12.9. The number of hydrogen-bond acceptors (Lipinski definition) is 2. The second-order valence-corrected chi connectivity index (χ2v) is 4.13. The Bertz CT molecular complexity index is 576. The molecule has 0 radical (unpaired) electrons. The van der Waals surface area contributed by atoms with E-state index in [9.17, 15) is 9.59 Å². The van der Waals surface area contributed by atoms with Crippen LogP contribution in [0.15, 0.2) is 42.6 Å². The minimum atomic E-state index is -0.833. The fourth-order valence-corrected chi connectivity index (χ4v) is 1.73. The molecule has 0 saturated heterocycles.